The number of carbonyl (C=O) groups is 1. The lowest BCUT2D eigenvalue weighted by Gasteiger charge is -2.38. The van der Waals surface area contributed by atoms with E-state index in [-0.39, 0.29) is 124 Å². The Hall–Kier alpha value is -9.11. The number of halogens is 8. The van der Waals surface area contributed by atoms with Crippen LogP contribution in [0.25, 0.3) is 0 Å². The van der Waals surface area contributed by atoms with Crippen LogP contribution in [0.3, 0.4) is 0 Å². The summed E-state index contributed by atoms with van der Waals surface area (Å²) in [6.07, 6.45) is 10.0. The van der Waals surface area contributed by atoms with Gasteiger partial charge in [0.05, 0.1) is 36.3 Å². The normalized spacial score (nSPS) is 21.2. The van der Waals surface area contributed by atoms with E-state index in [9.17, 15) is 69.9 Å². The Morgan fingerprint density at radius 3 is 1.35 bits per heavy atom. The van der Waals surface area contributed by atoms with Crippen LogP contribution in [0.5, 0.6) is 11.5 Å². The Morgan fingerprint density at radius 1 is 0.562 bits per heavy atom. The number of anilines is 6. The number of nitro groups is 3. The van der Waals surface area contributed by atoms with Crippen molar-refractivity contribution in [1.29, 1.82) is 0 Å². The second-order valence-electron chi connectivity index (χ2n) is 26.2. The maximum absolute atomic E-state index is 12.7. The van der Waals surface area contributed by atoms with Crippen molar-refractivity contribution in [2.75, 3.05) is 96.3 Å². The molecule has 6 aromatic rings. The predicted octanol–water partition coefficient (Wildman–Crippen LogP) is 11.3. The molecular formula is C65H82Cl2F6N20O11S. The molecule has 1 unspecified atom stereocenters. The third-order valence-corrected chi connectivity index (χ3v) is 21.5. The molecule has 11 rings (SSSR count). The maximum atomic E-state index is 12.7. The van der Waals surface area contributed by atoms with Gasteiger partial charge in [0, 0.05) is 126 Å². The summed E-state index contributed by atoms with van der Waals surface area (Å²) in [5, 5.41) is 52.9. The number of hydrogen-bond donors (Lipinski definition) is 7. The highest BCUT2D eigenvalue weighted by Gasteiger charge is 2.36. The molecule has 2 saturated heterocycles. The van der Waals surface area contributed by atoms with Crippen molar-refractivity contribution in [3.63, 3.8) is 0 Å². The van der Waals surface area contributed by atoms with E-state index in [2.05, 4.69) is 86.1 Å². The van der Waals surface area contributed by atoms with Gasteiger partial charge in [0.2, 0.25) is 41.7 Å². The molecule has 570 valence electrons. The lowest BCUT2D eigenvalue weighted by Crippen LogP contribution is -2.47. The van der Waals surface area contributed by atoms with Gasteiger partial charge in [-0.15, -0.1) is 26.3 Å². The first-order valence-corrected chi connectivity index (χ1v) is 36.7. The fourth-order valence-corrected chi connectivity index (χ4v) is 14.8. The molecular weight excluding hydrogens is 1450 g/mol. The van der Waals surface area contributed by atoms with Gasteiger partial charge in [-0.05, 0) is 113 Å². The Balaban J connectivity index is 0.000000185. The second kappa shape index (κ2) is 37.2. The first-order chi connectivity index (χ1) is 50.0. The van der Waals surface area contributed by atoms with Crippen LogP contribution < -0.4 is 47.1 Å². The molecule has 0 bridgehead atoms. The van der Waals surface area contributed by atoms with Gasteiger partial charge < -0.3 is 52.0 Å². The first kappa shape index (κ1) is 80.0. The van der Waals surface area contributed by atoms with Crippen LogP contribution in [-0.4, -0.2) is 180 Å². The Morgan fingerprint density at radius 2 is 0.952 bits per heavy atom. The number of para-hydroxylation sites is 2. The van der Waals surface area contributed by atoms with E-state index >= 15 is 0 Å². The average Bonchev–Trinajstić information content (AvgIpc) is 1.84. The third-order valence-electron chi connectivity index (χ3n) is 19.1. The van der Waals surface area contributed by atoms with E-state index in [1.807, 2.05) is 7.05 Å². The van der Waals surface area contributed by atoms with Crippen molar-refractivity contribution in [2.45, 2.75) is 140 Å². The monoisotopic (exact) mass is 1530 g/mol. The van der Waals surface area contributed by atoms with Crippen LogP contribution in [0, 0.1) is 48.1 Å². The number of nitrogens with one attached hydrogen (secondary N) is 6. The standard InChI is InChI=1S/C25H32F3N7O4.C23H29F3N6O5S.C17H21Cl2N7O2/c1-33(16-36)20-10-11-34(15-20)19-8-6-17(7-9-19)12-29-23-21(35(37)38)14-31-24(32-23)30-13-18-4-2-3-5-22(18)39-25(26,27)28;24-23(25,26)37-20-4-2-1-3-17(20)14-28-22-29-15-19(32(33)34)21(30-22)27-13-16-5-7-18(8-6-16)31-9-11-38(35,36)12-10-31;18-13-8-21-6-11(15(13)19)7-23-17-24-9-14(26(27)28)16(25-17)22-5-10-1-3-12(20)4-2-10/h2-5,14,16-17,19-20H,6-13,15H2,1H3,(H2,29,30,31,32);1-4,15-16,18H,5-14H2,(H2,27,28,29,30);6,8-10,12H,1-5,7,20H2,(H2,22,23,24,25). The van der Waals surface area contributed by atoms with Crippen molar-refractivity contribution in [3.05, 3.63) is 137 Å². The lowest BCUT2D eigenvalue weighted by molar-refractivity contribution is -0.384. The Labute approximate surface area is 610 Å². The molecule has 2 aromatic carbocycles. The number of rotatable bonds is 27. The van der Waals surface area contributed by atoms with Gasteiger partial charge in [-0.2, -0.15) is 15.0 Å². The number of alkyl halides is 6. The largest absolute Gasteiger partial charge is 0.573 e. The molecule has 6 heterocycles. The minimum Gasteiger partial charge on any atom is -0.405 e. The number of nitrogens with two attached hydrogens (primary N) is 1. The zero-order chi connectivity index (χ0) is 75.4. The molecule has 4 aromatic heterocycles. The van der Waals surface area contributed by atoms with Gasteiger partial charge in [-0.25, -0.2) is 23.4 Å². The van der Waals surface area contributed by atoms with Crippen LogP contribution in [0.2, 0.25) is 10.0 Å². The van der Waals surface area contributed by atoms with Crippen molar-refractivity contribution < 1.29 is 63.8 Å². The van der Waals surface area contributed by atoms with E-state index in [0.717, 1.165) is 115 Å². The maximum Gasteiger partial charge on any atom is 0.573 e. The number of amides is 1. The highest BCUT2D eigenvalue weighted by molar-refractivity contribution is 7.91. The molecule has 1 atom stereocenters. The average molecular weight is 1540 g/mol. The summed E-state index contributed by atoms with van der Waals surface area (Å²) < 4.78 is 108. The number of ether oxygens (including phenoxy) is 2. The van der Waals surface area contributed by atoms with Gasteiger partial charge in [-0.3, -0.25) is 49.9 Å². The van der Waals surface area contributed by atoms with Crippen LogP contribution in [-0.2, 0) is 34.3 Å². The number of aromatic nitrogens is 7. The van der Waals surface area contributed by atoms with Crippen LogP contribution >= 0.6 is 23.2 Å². The molecule has 31 nitrogen and oxygen atoms in total. The number of carbonyl (C=O) groups excluding carboxylic acids is 1. The van der Waals surface area contributed by atoms with Crippen molar-refractivity contribution >= 4 is 91.8 Å². The number of likely N-dealkylation sites (N-methyl/N-ethyl adjacent to an activating group) is 1. The highest BCUT2D eigenvalue weighted by atomic mass is 35.5. The quantitative estimate of drug-likeness (QED) is 0.0109. The number of hydrogen-bond acceptors (Lipinski definition) is 27. The molecule has 2 aliphatic heterocycles. The number of sulfone groups is 1. The minimum atomic E-state index is -4.84. The fraction of sp³-hybridized carbons (Fsp3) is 0.538. The minimum absolute atomic E-state index is 0.0173. The number of nitrogens with zero attached hydrogens (tertiary/aromatic N) is 13. The van der Waals surface area contributed by atoms with E-state index in [1.54, 1.807) is 23.2 Å². The zero-order valence-corrected chi connectivity index (χ0v) is 59.4. The molecule has 1 amide bonds. The summed E-state index contributed by atoms with van der Waals surface area (Å²) in [5.74, 6) is 1.24. The fourth-order valence-electron chi connectivity index (χ4n) is 13.2. The molecule has 105 heavy (non-hydrogen) atoms. The number of benzene rings is 2. The summed E-state index contributed by atoms with van der Waals surface area (Å²) in [6, 6.07) is 12.6. The first-order valence-electron chi connectivity index (χ1n) is 34.1. The topological polar surface area (TPSA) is 397 Å². The van der Waals surface area contributed by atoms with E-state index in [1.165, 1.54) is 48.8 Å². The molecule has 3 saturated carbocycles. The van der Waals surface area contributed by atoms with Gasteiger partial charge in [0.1, 0.15) is 30.1 Å². The number of pyridine rings is 1. The van der Waals surface area contributed by atoms with Crippen LogP contribution in [0.1, 0.15) is 100 Å². The molecule has 0 radical (unpaired) electrons. The van der Waals surface area contributed by atoms with E-state index < -0.39 is 37.3 Å². The Kier molecular flexibility index (Phi) is 28.4. The van der Waals surface area contributed by atoms with Gasteiger partial charge >= 0.3 is 29.8 Å². The van der Waals surface area contributed by atoms with Gasteiger partial charge in [0.15, 0.2) is 9.84 Å². The summed E-state index contributed by atoms with van der Waals surface area (Å²) in [5.41, 5.74) is 6.29. The van der Waals surface area contributed by atoms with Gasteiger partial charge in [-0.1, -0.05) is 59.6 Å². The van der Waals surface area contributed by atoms with Crippen molar-refractivity contribution in [2.24, 2.45) is 23.5 Å². The highest BCUT2D eigenvalue weighted by Crippen LogP contribution is 2.36. The summed E-state index contributed by atoms with van der Waals surface area (Å²) in [7, 11) is -1.11. The molecule has 40 heteroatoms. The molecule has 0 spiro atoms. The van der Waals surface area contributed by atoms with Crippen LogP contribution in [0.4, 0.5) is 78.7 Å². The van der Waals surface area contributed by atoms with E-state index in [4.69, 9.17) is 28.9 Å². The van der Waals surface area contributed by atoms with Crippen LogP contribution in [0.15, 0.2) is 79.5 Å². The lowest BCUT2D eigenvalue weighted by atomic mass is 9.85. The predicted molar refractivity (Wildman–Crippen MR) is 379 cm³/mol. The van der Waals surface area contributed by atoms with Crippen molar-refractivity contribution in [3.8, 4) is 11.5 Å². The molecule has 3 aliphatic carbocycles. The summed E-state index contributed by atoms with van der Waals surface area (Å²) >= 11 is 12.1. The zero-order valence-electron chi connectivity index (χ0n) is 57.1. The Bertz CT molecular complexity index is 4020. The SMILES string of the molecule is CN(C=O)C1CCN(C2CCC(CNc3nc(NCc4ccccc4OC(F)(F)F)ncc3[N+](=O)[O-])CC2)C1.NC1CCC(CNc2nc(NCc3cncc(Cl)c3Cl)ncc2[N+](=O)[O-])CC1.O=[N+]([O-])c1cnc(NCc2ccccc2OC(F)(F)F)nc1NCC1CCC(N2CCS(=O)(=O)CC2)CC1. The smallest absolute Gasteiger partial charge is 0.405 e. The number of likely N-dealkylation sites (tertiary alicyclic amines) is 1. The molecule has 8 N–H and O–H groups in total. The second-order valence-corrected chi connectivity index (χ2v) is 29.3. The van der Waals surface area contributed by atoms with Crippen molar-refractivity contribution in [1.82, 2.24) is 49.6 Å². The third kappa shape index (κ3) is 24.5. The molecule has 5 fully saturated rings. The molecule has 5 aliphatic rings. The summed E-state index contributed by atoms with van der Waals surface area (Å²) in [4.78, 5) is 78.7. The van der Waals surface area contributed by atoms with Gasteiger partial charge in [0.25, 0.3) is 0 Å². The van der Waals surface area contributed by atoms with E-state index in [0.29, 0.717) is 72.3 Å². The summed E-state index contributed by atoms with van der Waals surface area (Å²) in [6.45, 7) is 4.67.